The van der Waals surface area contributed by atoms with Crippen LogP contribution < -0.4 is 20.1 Å². The van der Waals surface area contributed by atoms with Crippen LogP contribution in [0.5, 0.6) is 11.5 Å². The summed E-state index contributed by atoms with van der Waals surface area (Å²) in [5, 5.41) is 6.26. The molecule has 1 fully saturated rings. The van der Waals surface area contributed by atoms with Crippen LogP contribution in [0.25, 0.3) is 0 Å². The third-order valence-electron chi connectivity index (χ3n) is 4.48. The highest BCUT2D eigenvalue weighted by atomic mass is 32.2. The van der Waals surface area contributed by atoms with E-state index < -0.39 is 16.4 Å². The number of ether oxygens (including phenoxy) is 2. The van der Waals surface area contributed by atoms with E-state index in [2.05, 4.69) is 20.4 Å². The fourth-order valence-electron chi connectivity index (χ4n) is 3.06. The van der Waals surface area contributed by atoms with E-state index in [9.17, 15) is 17.2 Å². The number of hydrogen-bond acceptors (Lipinski definition) is 5. The van der Waals surface area contributed by atoms with Crippen LogP contribution in [0.1, 0.15) is 32.3 Å². The fraction of sp³-hybridized carbons (Fsp3) is 0.632. The first-order chi connectivity index (χ1) is 13.7. The predicted molar refractivity (Wildman–Crippen MR) is 108 cm³/mol. The van der Waals surface area contributed by atoms with Gasteiger partial charge in [0.25, 0.3) is 0 Å². The standard InChI is InChI=1S/C19H29F2N3O4S/c1-4-22-18(24-12-19(9-10-19)13-29(3,25)26)23-11-14-7-6-8-15(27-5-2)16(14)28-17(20)21/h6-8,17H,4-5,9-13H2,1-3H3,(H2,22,23,24). The van der Waals surface area contributed by atoms with Crippen molar-refractivity contribution >= 4 is 15.8 Å². The van der Waals surface area contributed by atoms with Gasteiger partial charge in [-0.1, -0.05) is 12.1 Å². The highest BCUT2D eigenvalue weighted by Gasteiger charge is 2.45. The van der Waals surface area contributed by atoms with Crippen molar-refractivity contribution in [3.8, 4) is 11.5 Å². The molecule has 0 amide bonds. The van der Waals surface area contributed by atoms with Gasteiger partial charge < -0.3 is 20.1 Å². The first kappa shape index (κ1) is 23.2. The van der Waals surface area contributed by atoms with Crippen molar-refractivity contribution in [3.05, 3.63) is 23.8 Å². The number of para-hydroxylation sites is 1. The molecule has 1 aromatic rings. The first-order valence-corrected chi connectivity index (χ1v) is 11.6. The molecule has 0 atom stereocenters. The Hall–Kier alpha value is -2.10. The summed E-state index contributed by atoms with van der Waals surface area (Å²) in [5.74, 6) is 0.829. The molecule has 1 aromatic carbocycles. The van der Waals surface area contributed by atoms with Crippen LogP contribution >= 0.6 is 0 Å². The molecule has 0 heterocycles. The van der Waals surface area contributed by atoms with Crippen LogP contribution in [0.2, 0.25) is 0 Å². The van der Waals surface area contributed by atoms with E-state index in [4.69, 9.17) is 4.74 Å². The molecule has 2 rings (SSSR count). The molecule has 10 heteroatoms. The van der Waals surface area contributed by atoms with Gasteiger partial charge >= 0.3 is 6.61 Å². The van der Waals surface area contributed by atoms with E-state index in [1.54, 1.807) is 25.1 Å². The molecule has 0 unspecified atom stereocenters. The van der Waals surface area contributed by atoms with Crippen LogP contribution in [-0.4, -0.2) is 52.7 Å². The Bertz CT molecular complexity index is 812. The lowest BCUT2D eigenvalue weighted by atomic mass is 10.1. The van der Waals surface area contributed by atoms with Crippen molar-refractivity contribution in [2.24, 2.45) is 10.4 Å². The largest absolute Gasteiger partial charge is 0.490 e. The Morgan fingerprint density at radius 2 is 2.00 bits per heavy atom. The number of halogens is 2. The number of guanidine groups is 1. The number of alkyl halides is 2. The number of sulfone groups is 1. The summed E-state index contributed by atoms with van der Waals surface area (Å²) in [6, 6.07) is 4.92. The Labute approximate surface area is 170 Å². The van der Waals surface area contributed by atoms with Crippen molar-refractivity contribution in [1.29, 1.82) is 0 Å². The van der Waals surface area contributed by atoms with E-state index in [1.807, 2.05) is 6.92 Å². The van der Waals surface area contributed by atoms with Gasteiger partial charge in [0.15, 0.2) is 17.5 Å². The predicted octanol–water partition coefficient (Wildman–Crippen LogP) is 2.57. The summed E-state index contributed by atoms with van der Waals surface area (Å²) in [4.78, 5) is 4.44. The second-order valence-electron chi connectivity index (χ2n) is 7.17. The van der Waals surface area contributed by atoms with Crippen LogP contribution in [0.4, 0.5) is 8.78 Å². The quantitative estimate of drug-likeness (QED) is 0.412. The fourth-order valence-corrected chi connectivity index (χ4v) is 4.56. The summed E-state index contributed by atoms with van der Waals surface area (Å²) < 4.78 is 59.0. The minimum atomic E-state index is -3.06. The maximum atomic E-state index is 12.8. The van der Waals surface area contributed by atoms with Crippen LogP contribution in [0, 0.1) is 5.41 Å². The van der Waals surface area contributed by atoms with Crippen molar-refractivity contribution in [1.82, 2.24) is 10.6 Å². The van der Waals surface area contributed by atoms with Gasteiger partial charge in [0.05, 0.1) is 18.9 Å². The summed E-state index contributed by atoms with van der Waals surface area (Å²) in [5.41, 5.74) is 0.202. The second kappa shape index (κ2) is 10.1. The minimum Gasteiger partial charge on any atom is -0.490 e. The number of hydrogen-bond donors (Lipinski definition) is 2. The SMILES string of the molecule is CCNC(=NCc1cccc(OCC)c1OC(F)F)NCC1(CS(C)(=O)=O)CC1. The van der Waals surface area contributed by atoms with E-state index in [0.29, 0.717) is 31.2 Å². The maximum Gasteiger partial charge on any atom is 0.387 e. The topological polar surface area (TPSA) is 89.0 Å². The normalized spacial score (nSPS) is 15.9. The molecule has 0 aromatic heterocycles. The van der Waals surface area contributed by atoms with Gasteiger partial charge in [0, 0.05) is 30.3 Å². The maximum absolute atomic E-state index is 12.8. The van der Waals surface area contributed by atoms with Crippen LogP contribution in [0.15, 0.2) is 23.2 Å². The van der Waals surface area contributed by atoms with E-state index in [1.165, 1.54) is 6.26 Å². The molecule has 0 spiro atoms. The summed E-state index contributed by atoms with van der Waals surface area (Å²) in [6.07, 6.45) is 2.92. The van der Waals surface area contributed by atoms with Crippen LogP contribution in [-0.2, 0) is 16.4 Å². The monoisotopic (exact) mass is 433 g/mol. The lowest BCUT2D eigenvalue weighted by Crippen LogP contribution is -2.41. The molecule has 0 saturated heterocycles. The van der Waals surface area contributed by atoms with Gasteiger partial charge in [-0.3, -0.25) is 0 Å². The van der Waals surface area contributed by atoms with Crippen molar-refractivity contribution < 1.29 is 26.7 Å². The van der Waals surface area contributed by atoms with E-state index in [-0.39, 0.29) is 29.2 Å². The molecule has 0 aliphatic heterocycles. The Kier molecular flexibility index (Phi) is 8.06. The first-order valence-electron chi connectivity index (χ1n) is 9.57. The van der Waals surface area contributed by atoms with E-state index >= 15 is 0 Å². The molecule has 7 nitrogen and oxygen atoms in total. The third kappa shape index (κ3) is 7.68. The molecule has 164 valence electrons. The van der Waals surface area contributed by atoms with Crippen LogP contribution in [0.3, 0.4) is 0 Å². The smallest absolute Gasteiger partial charge is 0.387 e. The molecule has 1 aliphatic carbocycles. The number of nitrogens with zero attached hydrogens (tertiary/aromatic N) is 1. The molecule has 2 N–H and O–H groups in total. The Balaban J connectivity index is 2.12. The zero-order valence-electron chi connectivity index (χ0n) is 17.0. The molecule has 0 radical (unpaired) electrons. The highest BCUT2D eigenvalue weighted by Crippen LogP contribution is 2.46. The van der Waals surface area contributed by atoms with Crippen molar-refractivity contribution in [3.63, 3.8) is 0 Å². The molecule has 0 bridgehead atoms. The lowest BCUT2D eigenvalue weighted by molar-refractivity contribution is -0.0520. The Morgan fingerprint density at radius 3 is 2.55 bits per heavy atom. The average Bonchev–Trinajstić information content (AvgIpc) is 3.37. The average molecular weight is 434 g/mol. The Morgan fingerprint density at radius 1 is 1.28 bits per heavy atom. The summed E-state index contributed by atoms with van der Waals surface area (Å²) in [6.45, 7) is 2.18. The highest BCUT2D eigenvalue weighted by molar-refractivity contribution is 7.90. The lowest BCUT2D eigenvalue weighted by Gasteiger charge is -2.18. The summed E-state index contributed by atoms with van der Waals surface area (Å²) >= 11 is 0. The van der Waals surface area contributed by atoms with Gasteiger partial charge in [0.1, 0.15) is 9.84 Å². The molecule has 29 heavy (non-hydrogen) atoms. The zero-order valence-corrected chi connectivity index (χ0v) is 17.8. The minimum absolute atomic E-state index is 0.0281. The number of aliphatic imine (C=N–C) groups is 1. The second-order valence-corrected chi connectivity index (χ2v) is 9.31. The van der Waals surface area contributed by atoms with Crippen molar-refractivity contribution in [2.75, 3.05) is 31.7 Å². The van der Waals surface area contributed by atoms with E-state index in [0.717, 1.165) is 12.8 Å². The van der Waals surface area contributed by atoms with Gasteiger partial charge in [-0.25, -0.2) is 13.4 Å². The van der Waals surface area contributed by atoms with Crippen molar-refractivity contribution in [2.45, 2.75) is 39.8 Å². The number of nitrogens with one attached hydrogen (secondary N) is 2. The van der Waals surface area contributed by atoms with Gasteiger partial charge in [-0.05, 0) is 32.8 Å². The van der Waals surface area contributed by atoms with Gasteiger partial charge in [0.2, 0.25) is 0 Å². The summed E-state index contributed by atoms with van der Waals surface area (Å²) in [7, 11) is -3.06. The zero-order chi connectivity index (χ0) is 21.5. The third-order valence-corrected chi connectivity index (χ3v) is 5.61. The number of rotatable bonds is 11. The van der Waals surface area contributed by atoms with Gasteiger partial charge in [-0.15, -0.1) is 0 Å². The molecule has 1 saturated carbocycles. The number of benzene rings is 1. The molecule has 1 aliphatic rings. The molecular formula is C19H29F2N3O4S. The molecular weight excluding hydrogens is 404 g/mol. The van der Waals surface area contributed by atoms with Gasteiger partial charge in [-0.2, -0.15) is 8.78 Å².